The Bertz CT molecular complexity index is 252. The van der Waals surface area contributed by atoms with E-state index in [2.05, 4.69) is 37.5 Å². The van der Waals surface area contributed by atoms with E-state index in [4.69, 9.17) is 10.8 Å². The molecule has 4 nitrogen and oxygen atoms in total. The molecular formula is C15H33N3O. The predicted octanol–water partition coefficient (Wildman–Crippen LogP) is 1.14. The van der Waals surface area contributed by atoms with Gasteiger partial charge in [-0.25, -0.2) is 0 Å². The van der Waals surface area contributed by atoms with Crippen molar-refractivity contribution >= 4 is 0 Å². The smallest absolute Gasteiger partial charge is 0.0558 e. The molecule has 1 fully saturated rings. The summed E-state index contributed by atoms with van der Waals surface area (Å²) in [6.07, 6.45) is 2.20. The zero-order valence-corrected chi connectivity index (χ0v) is 13.2. The number of aliphatic hydroxyl groups excluding tert-OH is 1. The fraction of sp³-hybridized carbons (Fsp3) is 1.00. The van der Waals surface area contributed by atoms with Gasteiger partial charge >= 0.3 is 0 Å². The van der Waals surface area contributed by atoms with Crippen LogP contribution in [-0.2, 0) is 0 Å². The number of hydrogen-bond acceptors (Lipinski definition) is 4. The normalized spacial score (nSPS) is 23.1. The van der Waals surface area contributed by atoms with Crippen molar-refractivity contribution in [2.45, 2.75) is 52.6 Å². The van der Waals surface area contributed by atoms with Crippen LogP contribution in [0.25, 0.3) is 0 Å². The molecule has 114 valence electrons. The lowest BCUT2D eigenvalue weighted by atomic mass is 9.80. The van der Waals surface area contributed by atoms with E-state index in [1.54, 1.807) is 0 Å². The van der Waals surface area contributed by atoms with Crippen molar-refractivity contribution < 1.29 is 5.11 Å². The second-order valence-electron chi connectivity index (χ2n) is 6.84. The predicted molar refractivity (Wildman–Crippen MR) is 81.2 cm³/mol. The second kappa shape index (κ2) is 7.58. The fourth-order valence-electron chi connectivity index (χ4n) is 3.32. The zero-order valence-electron chi connectivity index (χ0n) is 13.2. The standard InChI is InChI=1S/C15H33N3O/c1-5-13(16)14(15(2,3)4)18-8-6-7-17(9-10-18)11-12-19/h13-14,19H,5-12,16H2,1-4H3. The third kappa shape index (κ3) is 5.03. The van der Waals surface area contributed by atoms with Crippen LogP contribution in [0.5, 0.6) is 0 Å². The van der Waals surface area contributed by atoms with Crippen molar-refractivity contribution in [1.82, 2.24) is 9.80 Å². The molecule has 1 saturated heterocycles. The summed E-state index contributed by atoms with van der Waals surface area (Å²) in [5.41, 5.74) is 6.59. The molecule has 1 aliphatic rings. The lowest BCUT2D eigenvalue weighted by Gasteiger charge is -2.43. The van der Waals surface area contributed by atoms with Gasteiger partial charge in [0, 0.05) is 31.7 Å². The van der Waals surface area contributed by atoms with Gasteiger partial charge in [0.05, 0.1) is 6.61 Å². The van der Waals surface area contributed by atoms with Crippen LogP contribution in [0.1, 0.15) is 40.5 Å². The average molecular weight is 271 g/mol. The van der Waals surface area contributed by atoms with Gasteiger partial charge in [0.2, 0.25) is 0 Å². The Morgan fingerprint density at radius 1 is 1.16 bits per heavy atom. The van der Waals surface area contributed by atoms with E-state index in [1.807, 2.05) is 0 Å². The summed E-state index contributed by atoms with van der Waals surface area (Å²) < 4.78 is 0. The largest absolute Gasteiger partial charge is 0.395 e. The van der Waals surface area contributed by atoms with Gasteiger partial charge < -0.3 is 10.8 Å². The molecule has 1 heterocycles. The van der Waals surface area contributed by atoms with Crippen molar-refractivity contribution in [2.75, 3.05) is 39.3 Å². The lowest BCUT2D eigenvalue weighted by Crippen LogP contribution is -2.55. The van der Waals surface area contributed by atoms with Crippen molar-refractivity contribution in [1.29, 1.82) is 0 Å². The molecule has 19 heavy (non-hydrogen) atoms. The van der Waals surface area contributed by atoms with Gasteiger partial charge in [-0.05, 0) is 31.3 Å². The van der Waals surface area contributed by atoms with Crippen molar-refractivity contribution in [2.24, 2.45) is 11.1 Å². The van der Waals surface area contributed by atoms with Gasteiger partial charge in [-0.15, -0.1) is 0 Å². The molecule has 0 aromatic rings. The minimum absolute atomic E-state index is 0.210. The third-order valence-corrected chi connectivity index (χ3v) is 4.20. The molecule has 0 radical (unpaired) electrons. The van der Waals surface area contributed by atoms with E-state index in [0.29, 0.717) is 6.04 Å². The molecule has 1 rings (SSSR count). The van der Waals surface area contributed by atoms with Crippen molar-refractivity contribution in [3.8, 4) is 0 Å². The van der Waals surface area contributed by atoms with Crippen LogP contribution >= 0.6 is 0 Å². The molecule has 0 saturated carbocycles. The maximum atomic E-state index is 9.07. The molecule has 3 N–H and O–H groups in total. The molecule has 1 aliphatic heterocycles. The molecule has 0 spiro atoms. The highest BCUT2D eigenvalue weighted by Gasteiger charge is 2.34. The minimum atomic E-state index is 0.210. The minimum Gasteiger partial charge on any atom is -0.395 e. The SMILES string of the molecule is CCC(N)C(N1CCCN(CCO)CC1)C(C)(C)C. The Kier molecular flexibility index (Phi) is 6.74. The lowest BCUT2D eigenvalue weighted by molar-refractivity contribution is 0.0784. The summed E-state index contributed by atoms with van der Waals surface area (Å²) >= 11 is 0. The van der Waals surface area contributed by atoms with E-state index in [9.17, 15) is 0 Å². The van der Waals surface area contributed by atoms with E-state index in [0.717, 1.165) is 39.1 Å². The first kappa shape index (κ1) is 16.9. The Hall–Kier alpha value is -0.160. The maximum Gasteiger partial charge on any atom is 0.0558 e. The van der Waals surface area contributed by atoms with E-state index in [-0.39, 0.29) is 18.1 Å². The first-order valence-electron chi connectivity index (χ1n) is 7.73. The maximum absolute atomic E-state index is 9.07. The quantitative estimate of drug-likeness (QED) is 0.787. The van der Waals surface area contributed by atoms with Crippen LogP contribution in [0, 0.1) is 5.41 Å². The summed E-state index contributed by atoms with van der Waals surface area (Å²) in [7, 11) is 0. The monoisotopic (exact) mass is 271 g/mol. The molecule has 4 heteroatoms. The number of hydrogen-bond donors (Lipinski definition) is 2. The van der Waals surface area contributed by atoms with Gasteiger partial charge in [0.25, 0.3) is 0 Å². The summed E-state index contributed by atoms with van der Waals surface area (Å²) in [6.45, 7) is 14.5. The number of rotatable bonds is 5. The second-order valence-corrected chi connectivity index (χ2v) is 6.84. The zero-order chi connectivity index (χ0) is 14.5. The fourth-order valence-corrected chi connectivity index (χ4v) is 3.32. The Morgan fingerprint density at radius 2 is 1.84 bits per heavy atom. The van der Waals surface area contributed by atoms with Gasteiger partial charge in [-0.3, -0.25) is 9.80 Å². The third-order valence-electron chi connectivity index (χ3n) is 4.20. The summed E-state index contributed by atoms with van der Waals surface area (Å²) in [5, 5.41) is 9.07. The number of nitrogens with zero attached hydrogens (tertiary/aromatic N) is 2. The van der Waals surface area contributed by atoms with Crippen molar-refractivity contribution in [3.63, 3.8) is 0 Å². The van der Waals surface area contributed by atoms with Crippen LogP contribution < -0.4 is 5.73 Å². The molecule has 0 bridgehead atoms. The number of aliphatic hydroxyl groups is 1. The molecule has 0 aromatic carbocycles. The summed E-state index contributed by atoms with van der Waals surface area (Å²) in [5.74, 6) is 0. The molecular weight excluding hydrogens is 238 g/mol. The highest BCUT2D eigenvalue weighted by atomic mass is 16.3. The first-order chi connectivity index (χ1) is 8.90. The van der Waals surface area contributed by atoms with Crippen LogP contribution in [-0.4, -0.2) is 66.3 Å². The number of β-amino-alcohol motifs (C(OH)–C–C–N with tert-alkyl or cyclic N) is 1. The Labute approximate surface area is 118 Å². The van der Waals surface area contributed by atoms with Gasteiger partial charge in [-0.1, -0.05) is 27.7 Å². The van der Waals surface area contributed by atoms with Crippen molar-refractivity contribution in [3.05, 3.63) is 0 Å². The van der Waals surface area contributed by atoms with Crippen LogP contribution in [0.3, 0.4) is 0 Å². The van der Waals surface area contributed by atoms with Crippen LogP contribution in [0.2, 0.25) is 0 Å². The molecule has 0 aliphatic carbocycles. The highest BCUT2D eigenvalue weighted by Crippen LogP contribution is 2.28. The van der Waals surface area contributed by atoms with Crippen LogP contribution in [0.4, 0.5) is 0 Å². The average Bonchev–Trinajstić information content (AvgIpc) is 2.54. The first-order valence-corrected chi connectivity index (χ1v) is 7.73. The van der Waals surface area contributed by atoms with E-state index < -0.39 is 0 Å². The van der Waals surface area contributed by atoms with Gasteiger partial charge in [0.1, 0.15) is 0 Å². The summed E-state index contributed by atoms with van der Waals surface area (Å²) in [6, 6.07) is 0.677. The molecule has 0 amide bonds. The Morgan fingerprint density at radius 3 is 2.37 bits per heavy atom. The van der Waals surface area contributed by atoms with E-state index in [1.165, 1.54) is 6.42 Å². The van der Waals surface area contributed by atoms with Crippen LogP contribution in [0.15, 0.2) is 0 Å². The molecule has 2 atom stereocenters. The number of nitrogens with two attached hydrogens (primary N) is 1. The van der Waals surface area contributed by atoms with Gasteiger partial charge in [0.15, 0.2) is 0 Å². The summed E-state index contributed by atoms with van der Waals surface area (Å²) in [4.78, 5) is 4.93. The molecule has 2 unspecified atom stereocenters. The van der Waals surface area contributed by atoms with E-state index >= 15 is 0 Å². The topological polar surface area (TPSA) is 52.7 Å². The van der Waals surface area contributed by atoms with Gasteiger partial charge in [-0.2, -0.15) is 0 Å². The highest BCUT2D eigenvalue weighted by molar-refractivity contribution is 4.91. The molecule has 0 aromatic heterocycles. The Balaban J connectivity index is 2.69.